The summed E-state index contributed by atoms with van der Waals surface area (Å²) in [6.07, 6.45) is 3.49. The number of anilines is 2. The number of carbonyl (C=O) groups excluding carboxylic acids is 1. The van der Waals surface area contributed by atoms with Crippen LogP contribution in [0.4, 0.5) is 11.4 Å². The summed E-state index contributed by atoms with van der Waals surface area (Å²) in [6.45, 7) is 10.8. The van der Waals surface area contributed by atoms with Crippen molar-refractivity contribution >= 4 is 17.3 Å². The molecule has 0 aliphatic carbocycles. The standard InChI is InChI=1S/C21H28N4O/c1-16(2)13-23-21(26)18-12-20(15-22-14-18)25-9-7-24(8-10-25)19-6-4-5-17(3)11-19/h4-6,11-12,14-16H,7-10,13H2,1-3H3,(H,23,26). The summed E-state index contributed by atoms with van der Waals surface area (Å²) >= 11 is 0. The number of piperazine rings is 1. The first-order valence-electron chi connectivity index (χ1n) is 9.33. The Hall–Kier alpha value is -2.56. The van der Waals surface area contributed by atoms with Gasteiger partial charge >= 0.3 is 0 Å². The van der Waals surface area contributed by atoms with Crippen LogP contribution in [0.5, 0.6) is 0 Å². The predicted octanol–water partition coefficient (Wildman–Crippen LogP) is 3.10. The third-order valence-electron chi connectivity index (χ3n) is 4.67. The summed E-state index contributed by atoms with van der Waals surface area (Å²) in [5.74, 6) is 0.385. The summed E-state index contributed by atoms with van der Waals surface area (Å²) in [5.41, 5.74) is 4.22. The molecular weight excluding hydrogens is 324 g/mol. The second-order valence-electron chi connectivity index (χ2n) is 7.35. The van der Waals surface area contributed by atoms with E-state index in [4.69, 9.17) is 0 Å². The van der Waals surface area contributed by atoms with E-state index in [-0.39, 0.29) is 5.91 Å². The molecule has 1 N–H and O–H groups in total. The van der Waals surface area contributed by atoms with Crippen molar-refractivity contribution in [2.75, 3.05) is 42.5 Å². The predicted molar refractivity (Wildman–Crippen MR) is 107 cm³/mol. The molecular formula is C21H28N4O. The normalized spacial score (nSPS) is 14.6. The van der Waals surface area contributed by atoms with Crippen LogP contribution in [0.1, 0.15) is 29.8 Å². The van der Waals surface area contributed by atoms with Crippen molar-refractivity contribution in [3.8, 4) is 0 Å². The lowest BCUT2D eigenvalue weighted by Gasteiger charge is -2.37. The fraction of sp³-hybridized carbons (Fsp3) is 0.429. The highest BCUT2D eigenvalue weighted by molar-refractivity contribution is 5.94. The van der Waals surface area contributed by atoms with Crippen LogP contribution >= 0.6 is 0 Å². The van der Waals surface area contributed by atoms with Crippen LogP contribution in [0.3, 0.4) is 0 Å². The number of hydrogen-bond acceptors (Lipinski definition) is 4. The highest BCUT2D eigenvalue weighted by Crippen LogP contribution is 2.21. The first kappa shape index (κ1) is 18.2. The summed E-state index contributed by atoms with van der Waals surface area (Å²) in [7, 11) is 0. The Morgan fingerprint density at radius 3 is 2.42 bits per heavy atom. The lowest BCUT2D eigenvalue weighted by atomic mass is 10.1. The quantitative estimate of drug-likeness (QED) is 0.898. The fourth-order valence-corrected chi connectivity index (χ4v) is 3.17. The molecule has 0 bridgehead atoms. The number of aryl methyl sites for hydroxylation is 1. The van der Waals surface area contributed by atoms with Crippen molar-refractivity contribution in [2.24, 2.45) is 5.92 Å². The Balaban J connectivity index is 1.62. The van der Waals surface area contributed by atoms with E-state index in [2.05, 4.69) is 65.1 Å². The van der Waals surface area contributed by atoms with Gasteiger partial charge in [-0.2, -0.15) is 0 Å². The van der Waals surface area contributed by atoms with Crippen LogP contribution in [0.25, 0.3) is 0 Å². The number of nitrogens with zero attached hydrogens (tertiary/aromatic N) is 3. The molecule has 3 rings (SSSR count). The zero-order valence-corrected chi connectivity index (χ0v) is 15.9. The molecule has 1 aromatic carbocycles. The van der Waals surface area contributed by atoms with E-state index in [9.17, 15) is 4.79 Å². The minimum Gasteiger partial charge on any atom is -0.368 e. The molecule has 1 fully saturated rings. The van der Waals surface area contributed by atoms with E-state index in [0.29, 0.717) is 18.0 Å². The maximum atomic E-state index is 12.3. The number of benzene rings is 1. The first-order valence-corrected chi connectivity index (χ1v) is 9.33. The van der Waals surface area contributed by atoms with Crippen LogP contribution in [-0.2, 0) is 0 Å². The largest absolute Gasteiger partial charge is 0.368 e. The molecule has 0 saturated carbocycles. The molecule has 0 spiro atoms. The lowest BCUT2D eigenvalue weighted by Crippen LogP contribution is -2.46. The molecule has 1 aliphatic rings. The van der Waals surface area contributed by atoms with Gasteiger partial charge in [0.15, 0.2) is 0 Å². The minimum atomic E-state index is -0.0496. The van der Waals surface area contributed by atoms with Crippen LogP contribution in [-0.4, -0.2) is 43.6 Å². The number of amides is 1. The fourth-order valence-electron chi connectivity index (χ4n) is 3.17. The topological polar surface area (TPSA) is 48.5 Å². The van der Waals surface area contributed by atoms with Gasteiger partial charge in [-0.1, -0.05) is 26.0 Å². The zero-order valence-electron chi connectivity index (χ0n) is 15.9. The Morgan fingerprint density at radius 1 is 1.08 bits per heavy atom. The van der Waals surface area contributed by atoms with Crippen molar-refractivity contribution in [1.82, 2.24) is 10.3 Å². The van der Waals surface area contributed by atoms with Gasteiger partial charge in [0.25, 0.3) is 5.91 Å². The number of pyridine rings is 1. The monoisotopic (exact) mass is 352 g/mol. The Kier molecular flexibility index (Phi) is 5.76. The van der Waals surface area contributed by atoms with Crippen molar-refractivity contribution in [2.45, 2.75) is 20.8 Å². The number of rotatable bonds is 5. The minimum absolute atomic E-state index is 0.0496. The van der Waals surface area contributed by atoms with Gasteiger partial charge in [0, 0.05) is 44.6 Å². The molecule has 138 valence electrons. The van der Waals surface area contributed by atoms with Crippen molar-refractivity contribution in [3.63, 3.8) is 0 Å². The summed E-state index contributed by atoms with van der Waals surface area (Å²) in [5, 5.41) is 2.96. The van der Waals surface area contributed by atoms with Crippen molar-refractivity contribution in [3.05, 3.63) is 53.9 Å². The molecule has 1 aromatic heterocycles. The van der Waals surface area contributed by atoms with Crippen molar-refractivity contribution < 1.29 is 4.79 Å². The molecule has 1 amide bonds. The van der Waals surface area contributed by atoms with Gasteiger partial charge < -0.3 is 15.1 Å². The van der Waals surface area contributed by atoms with E-state index >= 15 is 0 Å². The molecule has 0 atom stereocenters. The van der Waals surface area contributed by atoms with Crippen LogP contribution < -0.4 is 15.1 Å². The van der Waals surface area contributed by atoms with Crippen molar-refractivity contribution in [1.29, 1.82) is 0 Å². The van der Waals surface area contributed by atoms with Gasteiger partial charge in [0.1, 0.15) is 0 Å². The van der Waals surface area contributed by atoms with Gasteiger partial charge in [-0.15, -0.1) is 0 Å². The Labute approximate surface area is 156 Å². The summed E-state index contributed by atoms with van der Waals surface area (Å²) < 4.78 is 0. The molecule has 2 aromatic rings. The molecule has 5 nitrogen and oxygen atoms in total. The van der Waals surface area contributed by atoms with Gasteiger partial charge in [-0.3, -0.25) is 9.78 Å². The van der Waals surface area contributed by atoms with Gasteiger partial charge in [0.2, 0.25) is 0 Å². The van der Waals surface area contributed by atoms with Gasteiger partial charge in [-0.25, -0.2) is 0 Å². The molecule has 26 heavy (non-hydrogen) atoms. The molecule has 0 unspecified atom stereocenters. The van der Waals surface area contributed by atoms with Gasteiger partial charge in [0.05, 0.1) is 17.4 Å². The van der Waals surface area contributed by atoms with E-state index in [1.54, 1.807) is 6.20 Å². The average Bonchev–Trinajstić information content (AvgIpc) is 2.66. The maximum Gasteiger partial charge on any atom is 0.252 e. The van der Waals surface area contributed by atoms with E-state index in [0.717, 1.165) is 31.9 Å². The Morgan fingerprint density at radius 2 is 1.77 bits per heavy atom. The van der Waals surface area contributed by atoms with Gasteiger partial charge in [-0.05, 0) is 36.6 Å². The third-order valence-corrected chi connectivity index (χ3v) is 4.67. The Bertz CT molecular complexity index is 751. The summed E-state index contributed by atoms with van der Waals surface area (Å²) in [6, 6.07) is 10.6. The molecule has 1 aliphatic heterocycles. The third kappa shape index (κ3) is 4.54. The lowest BCUT2D eigenvalue weighted by molar-refractivity contribution is 0.0948. The molecule has 0 radical (unpaired) electrons. The second kappa shape index (κ2) is 8.21. The molecule has 2 heterocycles. The highest BCUT2D eigenvalue weighted by atomic mass is 16.1. The summed E-state index contributed by atoms with van der Waals surface area (Å²) in [4.78, 5) is 21.3. The van der Waals surface area contributed by atoms with E-state index in [1.165, 1.54) is 11.3 Å². The molecule has 1 saturated heterocycles. The van der Waals surface area contributed by atoms with E-state index < -0.39 is 0 Å². The van der Waals surface area contributed by atoms with E-state index in [1.807, 2.05) is 12.3 Å². The number of aromatic nitrogens is 1. The second-order valence-corrected chi connectivity index (χ2v) is 7.35. The molecule has 5 heteroatoms. The number of hydrogen-bond donors (Lipinski definition) is 1. The van der Waals surface area contributed by atoms with Crippen LogP contribution in [0, 0.1) is 12.8 Å². The highest BCUT2D eigenvalue weighted by Gasteiger charge is 2.19. The number of nitrogens with one attached hydrogen (secondary N) is 1. The van der Waals surface area contributed by atoms with Crippen LogP contribution in [0.2, 0.25) is 0 Å². The number of carbonyl (C=O) groups is 1. The average molecular weight is 352 g/mol. The first-order chi connectivity index (χ1) is 12.5. The SMILES string of the molecule is Cc1cccc(N2CCN(c3cncc(C(=O)NCC(C)C)c3)CC2)c1. The van der Waals surface area contributed by atoms with Crippen LogP contribution in [0.15, 0.2) is 42.7 Å². The maximum absolute atomic E-state index is 12.3. The smallest absolute Gasteiger partial charge is 0.252 e. The zero-order chi connectivity index (χ0) is 18.5.